The molecule has 0 radical (unpaired) electrons. The average Bonchev–Trinajstić information content (AvgIpc) is 3.53. The Balaban J connectivity index is 1.05. The number of carbonyl (C=O) groups excluding carboxylic acids is 2. The number of aliphatic carboxylic acids is 1. The Morgan fingerprint density at radius 1 is 1.09 bits per heavy atom. The Morgan fingerprint density at radius 2 is 1.81 bits per heavy atom. The van der Waals surface area contributed by atoms with Gasteiger partial charge in [-0.2, -0.15) is 0 Å². The minimum Gasteiger partial charge on any atom is -0.485 e. The van der Waals surface area contributed by atoms with Gasteiger partial charge in [-0.25, -0.2) is 0 Å². The average molecular weight is 809 g/mol. The summed E-state index contributed by atoms with van der Waals surface area (Å²) in [4.78, 5) is 48.3. The predicted octanol–water partition coefficient (Wildman–Crippen LogP) is 3.67. The summed E-state index contributed by atoms with van der Waals surface area (Å²) in [5, 5.41) is 39.9. The number of hydrogen-bond donors (Lipinski definition) is 4. The zero-order valence-electron chi connectivity index (χ0n) is 33.0. The van der Waals surface area contributed by atoms with Gasteiger partial charge in [-0.3, -0.25) is 34.5 Å². The Bertz CT molecular complexity index is 1960. The standard InChI is InChI=1S/C42H53ClN4O10/c1-22-16-28-27(23(2)20-46-12-14-47(15-13-46)38(49)34-21-54-32-8-6-7-9-33(32)56-34)11-10-24(3)42(28,53)35(37(22)55-25(4)48)26-17-29-36(30(43)18-26)45(5)57-40-41(29,52)19-31(44-40)39(50)51/h6-9,16-18,23-24,27-28,31,34-35,37,40,44,52-53H,10-15,19-21H2,1-5H3,(H,50,51)/t23?,24-,27+,28-,31+,34?,35+,37?,40-,41-,42-/m1/s1. The van der Waals surface area contributed by atoms with Crippen molar-refractivity contribution in [3.63, 3.8) is 0 Å². The molecule has 3 fully saturated rings. The lowest BCUT2D eigenvalue weighted by Gasteiger charge is -2.57. The number of fused-ring (bicyclic) bond motifs is 5. The Hall–Kier alpha value is -3.92. The van der Waals surface area contributed by atoms with Gasteiger partial charge in [0.15, 0.2) is 17.7 Å². The van der Waals surface area contributed by atoms with E-state index in [1.54, 1.807) is 19.2 Å². The summed E-state index contributed by atoms with van der Waals surface area (Å²) in [5.41, 5.74) is -0.932. The first-order chi connectivity index (χ1) is 27.1. The molecule has 4 N–H and O–H groups in total. The second-order valence-electron chi connectivity index (χ2n) is 17.0. The number of esters is 1. The van der Waals surface area contributed by atoms with Gasteiger partial charge in [-0.1, -0.05) is 43.7 Å². The number of halogens is 1. The van der Waals surface area contributed by atoms with Crippen molar-refractivity contribution in [2.24, 2.45) is 23.7 Å². The minimum absolute atomic E-state index is 0.0743. The third kappa shape index (κ3) is 6.85. The number of benzene rings is 2. The van der Waals surface area contributed by atoms with Crippen molar-refractivity contribution in [1.29, 1.82) is 0 Å². The first kappa shape index (κ1) is 39.9. The van der Waals surface area contributed by atoms with Crippen molar-refractivity contribution in [2.75, 3.05) is 51.4 Å². The molecule has 2 aromatic rings. The van der Waals surface area contributed by atoms with Crippen molar-refractivity contribution in [3.05, 3.63) is 64.2 Å². The fourth-order valence-electron chi connectivity index (χ4n) is 10.6. The highest BCUT2D eigenvalue weighted by molar-refractivity contribution is 6.33. The van der Waals surface area contributed by atoms with Gasteiger partial charge in [0, 0.05) is 64.6 Å². The minimum atomic E-state index is -1.74. The van der Waals surface area contributed by atoms with E-state index in [0.29, 0.717) is 54.5 Å². The molecule has 0 bridgehead atoms. The van der Waals surface area contributed by atoms with Crippen molar-refractivity contribution in [3.8, 4) is 11.5 Å². The summed E-state index contributed by atoms with van der Waals surface area (Å²) in [6, 6.07) is 9.84. The second-order valence-corrected chi connectivity index (χ2v) is 17.4. The van der Waals surface area contributed by atoms with E-state index in [4.69, 9.17) is 30.6 Å². The number of carbonyl (C=O) groups is 3. The number of nitrogens with one attached hydrogen (secondary N) is 1. The van der Waals surface area contributed by atoms with Crippen LogP contribution in [-0.4, -0.2) is 119 Å². The second kappa shape index (κ2) is 15.0. The fourth-order valence-corrected chi connectivity index (χ4v) is 11.0. The molecule has 57 heavy (non-hydrogen) atoms. The number of ether oxygens (including phenoxy) is 3. The van der Waals surface area contributed by atoms with E-state index in [0.717, 1.165) is 25.0 Å². The topological polar surface area (TPSA) is 171 Å². The molecule has 11 atom stereocenters. The van der Waals surface area contributed by atoms with E-state index >= 15 is 0 Å². The van der Waals surface area contributed by atoms with Crippen LogP contribution in [0.1, 0.15) is 64.0 Å². The summed E-state index contributed by atoms with van der Waals surface area (Å²) in [6.45, 7) is 11.1. The number of rotatable bonds is 7. The maximum Gasteiger partial charge on any atom is 0.320 e. The van der Waals surface area contributed by atoms with Gasteiger partial charge in [0.2, 0.25) is 6.10 Å². The highest BCUT2D eigenvalue weighted by Gasteiger charge is 2.61. The first-order valence-corrected chi connectivity index (χ1v) is 20.4. The van der Waals surface area contributed by atoms with Gasteiger partial charge >= 0.3 is 11.9 Å². The highest BCUT2D eigenvalue weighted by atomic mass is 35.5. The van der Waals surface area contributed by atoms with Gasteiger partial charge in [0.05, 0.1) is 22.2 Å². The summed E-state index contributed by atoms with van der Waals surface area (Å²) >= 11 is 7.02. The molecule has 4 heterocycles. The monoisotopic (exact) mass is 808 g/mol. The number of hydrogen-bond acceptors (Lipinski definition) is 12. The van der Waals surface area contributed by atoms with Crippen LogP contribution in [0.3, 0.4) is 0 Å². The zero-order valence-corrected chi connectivity index (χ0v) is 33.8. The van der Waals surface area contributed by atoms with Gasteiger partial charge in [-0.05, 0) is 72.9 Å². The van der Waals surface area contributed by atoms with Crippen LogP contribution in [0, 0.1) is 23.7 Å². The fraction of sp³-hybridized carbons (Fsp3) is 0.595. The molecule has 2 saturated heterocycles. The molecule has 0 aromatic heterocycles. The molecule has 8 rings (SSSR count). The molecular weight excluding hydrogens is 756 g/mol. The summed E-state index contributed by atoms with van der Waals surface area (Å²) in [5.74, 6) is -1.48. The van der Waals surface area contributed by atoms with Crippen molar-refractivity contribution < 1.29 is 48.8 Å². The molecule has 1 saturated carbocycles. The number of carboxylic acid groups (broad SMARTS) is 1. The third-order valence-electron chi connectivity index (χ3n) is 13.5. The maximum atomic E-state index is 13.4. The van der Waals surface area contributed by atoms with Crippen LogP contribution >= 0.6 is 11.6 Å². The van der Waals surface area contributed by atoms with Crippen molar-refractivity contribution in [1.82, 2.24) is 15.1 Å². The van der Waals surface area contributed by atoms with Crippen molar-refractivity contribution >= 4 is 35.1 Å². The molecule has 14 nitrogen and oxygen atoms in total. The highest BCUT2D eigenvalue weighted by Crippen LogP contribution is 2.58. The third-order valence-corrected chi connectivity index (χ3v) is 13.8. The number of anilines is 1. The molecule has 4 aliphatic heterocycles. The van der Waals surface area contributed by atoms with Crippen LogP contribution in [0.5, 0.6) is 11.5 Å². The number of piperazine rings is 1. The van der Waals surface area contributed by atoms with E-state index in [1.807, 2.05) is 43.0 Å². The predicted molar refractivity (Wildman–Crippen MR) is 209 cm³/mol. The number of hydroxylamine groups is 1. The number of aliphatic hydroxyl groups is 2. The number of para-hydroxylation sites is 2. The zero-order chi connectivity index (χ0) is 40.6. The van der Waals surface area contributed by atoms with Gasteiger partial charge < -0.3 is 34.4 Å². The first-order valence-electron chi connectivity index (χ1n) is 20.0. The van der Waals surface area contributed by atoms with E-state index in [-0.39, 0.29) is 47.6 Å². The quantitative estimate of drug-likeness (QED) is 0.236. The van der Waals surface area contributed by atoms with Gasteiger partial charge in [-0.15, -0.1) is 0 Å². The molecule has 0 spiro atoms. The van der Waals surface area contributed by atoms with Gasteiger partial charge in [0.1, 0.15) is 24.4 Å². The van der Waals surface area contributed by atoms with E-state index in [1.165, 1.54) is 12.0 Å². The Morgan fingerprint density at radius 3 is 2.51 bits per heavy atom. The normalized spacial score (nSPS) is 35.3. The van der Waals surface area contributed by atoms with E-state index in [9.17, 15) is 29.7 Å². The van der Waals surface area contributed by atoms with Gasteiger partial charge in [0.25, 0.3) is 5.91 Å². The number of carboxylic acids is 1. The SMILES string of the molecule is CC(=O)OC1C(C)=C[C@@H]2[C@H](C(C)CN3CCN(C(=O)C4COc5ccccc5O4)CC3)CC[C@@H](C)[C@]2(O)[C@H]1c1cc(Cl)c2c(c1)[C@]1(O)C[C@@H](C(=O)O)N[C@@H]1ON2C. The van der Waals surface area contributed by atoms with E-state index < -0.39 is 53.5 Å². The lowest BCUT2D eigenvalue weighted by Crippen LogP contribution is -2.61. The molecule has 2 aromatic carbocycles. The molecule has 15 heteroatoms. The van der Waals surface area contributed by atoms with Crippen molar-refractivity contribution in [2.45, 2.75) is 88.6 Å². The lowest BCUT2D eigenvalue weighted by atomic mass is 9.52. The Labute approximate surface area is 337 Å². The smallest absolute Gasteiger partial charge is 0.320 e. The van der Waals surface area contributed by atoms with E-state index in [2.05, 4.69) is 23.2 Å². The molecule has 6 aliphatic rings. The van der Waals surface area contributed by atoms with Crippen LogP contribution in [0.25, 0.3) is 0 Å². The van der Waals surface area contributed by atoms with Crippen LogP contribution < -0.4 is 19.9 Å². The molecule has 2 aliphatic carbocycles. The summed E-state index contributed by atoms with van der Waals surface area (Å²) in [6.07, 6.45) is 1.01. The summed E-state index contributed by atoms with van der Waals surface area (Å²) < 4.78 is 17.9. The molecular formula is C42H53ClN4O10. The molecule has 3 unspecified atom stereocenters. The van der Waals surface area contributed by atoms with Crippen LogP contribution in [0.2, 0.25) is 5.02 Å². The van der Waals surface area contributed by atoms with Crippen LogP contribution in [-0.2, 0) is 29.6 Å². The van der Waals surface area contributed by atoms with Crippen LogP contribution in [0.4, 0.5) is 5.69 Å². The largest absolute Gasteiger partial charge is 0.485 e. The number of amides is 1. The van der Waals surface area contributed by atoms with Crippen LogP contribution in [0.15, 0.2) is 48.0 Å². The maximum absolute atomic E-state index is 13.4. The Kier molecular flexibility index (Phi) is 10.5. The molecule has 1 amide bonds. The molecule has 308 valence electrons. The lowest BCUT2D eigenvalue weighted by molar-refractivity contribution is -0.168. The number of nitrogens with zero attached hydrogens (tertiary/aromatic N) is 3. The summed E-state index contributed by atoms with van der Waals surface area (Å²) in [7, 11) is 1.64.